The number of hydrogen-bond donors (Lipinski definition) is 0. The zero-order valence-electron chi connectivity index (χ0n) is 9.81. The lowest BCUT2D eigenvalue weighted by Gasteiger charge is -2.15. The second-order valence-electron chi connectivity index (χ2n) is 3.75. The van der Waals surface area contributed by atoms with Gasteiger partial charge in [0.1, 0.15) is 0 Å². The van der Waals surface area contributed by atoms with Gasteiger partial charge < -0.3 is 18.9 Å². The van der Waals surface area contributed by atoms with E-state index >= 15 is 0 Å². The highest BCUT2D eigenvalue weighted by Gasteiger charge is 2.50. The first-order valence-electron chi connectivity index (χ1n) is 5.01. The zero-order valence-corrected chi connectivity index (χ0v) is 9.81. The minimum absolute atomic E-state index is 0.215. The van der Waals surface area contributed by atoms with E-state index in [0.717, 1.165) is 0 Å². The first-order chi connectivity index (χ1) is 7.41. The van der Waals surface area contributed by atoms with E-state index in [1.807, 2.05) is 0 Å². The Kier molecular flexibility index (Phi) is 3.88. The Hall–Kier alpha value is -1.14. The van der Waals surface area contributed by atoms with Crippen LogP contribution in [0.3, 0.4) is 0 Å². The van der Waals surface area contributed by atoms with Crippen molar-refractivity contribution in [2.45, 2.75) is 38.8 Å². The topological polar surface area (TPSA) is 71.1 Å². The average molecular weight is 232 g/mol. The minimum atomic E-state index is -1.07. The van der Waals surface area contributed by atoms with Gasteiger partial charge in [0.2, 0.25) is 0 Å². The first kappa shape index (κ1) is 12.9. The SMILES string of the molecule is CCOC(=O)C1OC(C)(C)OC1C(=O)OC. The van der Waals surface area contributed by atoms with Crippen LogP contribution < -0.4 is 0 Å². The van der Waals surface area contributed by atoms with E-state index < -0.39 is 29.9 Å². The van der Waals surface area contributed by atoms with Gasteiger partial charge in [-0.05, 0) is 20.8 Å². The van der Waals surface area contributed by atoms with Crippen molar-refractivity contribution in [3.63, 3.8) is 0 Å². The number of rotatable bonds is 3. The van der Waals surface area contributed by atoms with Gasteiger partial charge in [-0.3, -0.25) is 0 Å². The molecule has 2 unspecified atom stereocenters. The summed E-state index contributed by atoms with van der Waals surface area (Å²) in [6.45, 7) is 5.11. The third-order valence-corrected chi connectivity index (χ3v) is 2.05. The van der Waals surface area contributed by atoms with Crippen molar-refractivity contribution in [3.8, 4) is 0 Å². The van der Waals surface area contributed by atoms with Crippen LogP contribution in [0.2, 0.25) is 0 Å². The molecule has 0 saturated carbocycles. The maximum absolute atomic E-state index is 11.5. The number of esters is 2. The minimum Gasteiger partial charge on any atom is -0.467 e. The molecule has 6 heteroatoms. The van der Waals surface area contributed by atoms with Crippen LogP contribution in [0.15, 0.2) is 0 Å². The molecule has 0 aliphatic carbocycles. The lowest BCUT2D eigenvalue weighted by Crippen LogP contribution is -2.39. The Labute approximate surface area is 93.8 Å². The van der Waals surface area contributed by atoms with Crippen LogP contribution in [0.25, 0.3) is 0 Å². The van der Waals surface area contributed by atoms with Crippen LogP contribution in [0.1, 0.15) is 20.8 Å². The molecule has 0 N–H and O–H groups in total. The number of hydrogen-bond acceptors (Lipinski definition) is 6. The molecular formula is C10H16O6. The highest BCUT2D eigenvalue weighted by molar-refractivity contribution is 5.86. The van der Waals surface area contributed by atoms with Crippen LogP contribution in [0, 0.1) is 0 Å². The summed E-state index contributed by atoms with van der Waals surface area (Å²) in [6, 6.07) is 0. The summed E-state index contributed by atoms with van der Waals surface area (Å²) in [5, 5.41) is 0. The summed E-state index contributed by atoms with van der Waals surface area (Å²) in [5.41, 5.74) is 0. The van der Waals surface area contributed by atoms with Crippen LogP contribution >= 0.6 is 0 Å². The molecule has 1 aliphatic rings. The smallest absolute Gasteiger partial charge is 0.338 e. The number of carbonyl (C=O) groups excluding carboxylic acids is 2. The molecular weight excluding hydrogens is 216 g/mol. The largest absolute Gasteiger partial charge is 0.467 e. The monoisotopic (exact) mass is 232 g/mol. The van der Waals surface area contributed by atoms with E-state index in [9.17, 15) is 9.59 Å². The number of carbonyl (C=O) groups is 2. The molecule has 1 aliphatic heterocycles. The average Bonchev–Trinajstić information content (AvgIpc) is 2.54. The van der Waals surface area contributed by atoms with E-state index in [0.29, 0.717) is 0 Å². The van der Waals surface area contributed by atoms with Crippen molar-refractivity contribution >= 4 is 11.9 Å². The van der Waals surface area contributed by atoms with Gasteiger partial charge in [-0.2, -0.15) is 0 Å². The van der Waals surface area contributed by atoms with Crippen molar-refractivity contribution in [1.82, 2.24) is 0 Å². The second-order valence-corrected chi connectivity index (χ2v) is 3.75. The molecule has 0 bridgehead atoms. The fraction of sp³-hybridized carbons (Fsp3) is 0.800. The molecule has 0 aromatic heterocycles. The summed E-state index contributed by atoms with van der Waals surface area (Å²) in [7, 11) is 1.22. The van der Waals surface area contributed by atoms with Crippen LogP contribution in [0.5, 0.6) is 0 Å². The molecule has 6 nitrogen and oxygen atoms in total. The van der Waals surface area contributed by atoms with Crippen molar-refractivity contribution < 1.29 is 28.5 Å². The summed E-state index contributed by atoms with van der Waals surface area (Å²) >= 11 is 0. The number of ether oxygens (including phenoxy) is 4. The van der Waals surface area contributed by atoms with E-state index in [-0.39, 0.29) is 6.61 Å². The maximum atomic E-state index is 11.5. The van der Waals surface area contributed by atoms with Gasteiger partial charge in [-0.1, -0.05) is 0 Å². The summed E-state index contributed by atoms with van der Waals surface area (Å²) < 4.78 is 19.9. The summed E-state index contributed by atoms with van der Waals surface area (Å²) in [4.78, 5) is 22.9. The van der Waals surface area contributed by atoms with Gasteiger partial charge in [0.05, 0.1) is 13.7 Å². The van der Waals surface area contributed by atoms with Crippen molar-refractivity contribution in [3.05, 3.63) is 0 Å². The highest BCUT2D eigenvalue weighted by Crippen LogP contribution is 2.29. The predicted octanol–water partition coefficient (Wildman–Crippen LogP) is 0.243. The quantitative estimate of drug-likeness (QED) is 0.649. The summed E-state index contributed by atoms with van der Waals surface area (Å²) in [5.74, 6) is -2.27. The van der Waals surface area contributed by atoms with Gasteiger partial charge in [0, 0.05) is 0 Å². The third kappa shape index (κ3) is 2.70. The molecule has 0 spiro atoms. The lowest BCUT2D eigenvalue weighted by atomic mass is 10.2. The fourth-order valence-corrected chi connectivity index (χ4v) is 1.45. The predicted molar refractivity (Wildman–Crippen MR) is 52.5 cm³/mol. The Morgan fingerprint density at radius 2 is 1.69 bits per heavy atom. The zero-order chi connectivity index (χ0) is 12.3. The maximum Gasteiger partial charge on any atom is 0.338 e. The van der Waals surface area contributed by atoms with Gasteiger partial charge in [-0.25, -0.2) is 9.59 Å². The molecule has 1 rings (SSSR count). The second kappa shape index (κ2) is 4.80. The van der Waals surface area contributed by atoms with Crippen LogP contribution in [-0.2, 0) is 28.5 Å². The molecule has 1 heterocycles. The molecule has 0 aromatic rings. The van der Waals surface area contributed by atoms with E-state index in [1.165, 1.54) is 7.11 Å². The molecule has 1 saturated heterocycles. The van der Waals surface area contributed by atoms with Crippen molar-refractivity contribution in [2.75, 3.05) is 13.7 Å². The Balaban J connectivity index is 2.80. The van der Waals surface area contributed by atoms with Crippen LogP contribution in [0.4, 0.5) is 0 Å². The van der Waals surface area contributed by atoms with Gasteiger partial charge in [0.15, 0.2) is 18.0 Å². The lowest BCUT2D eigenvalue weighted by molar-refractivity contribution is -0.172. The third-order valence-electron chi connectivity index (χ3n) is 2.05. The molecule has 0 amide bonds. The molecule has 16 heavy (non-hydrogen) atoms. The van der Waals surface area contributed by atoms with Gasteiger partial charge >= 0.3 is 11.9 Å². The fourth-order valence-electron chi connectivity index (χ4n) is 1.45. The van der Waals surface area contributed by atoms with Crippen LogP contribution in [-0.4, -0.2) is 43.7 Å². The first-order valence-corrected chi connectivity index (χ1v) is 5.01. The van der Waals surface area contributed by atoms with Gasteiger partial charge in [-0.15, -0.1) is 0 Å². The van der Waals surface area contributed by atoms with Gasteiger partial charge in [0.25, 0.3) is 0 Å². The van der Waals surface area contributed by atoms with Crippen molar-refractivity contribution in [2.24, 2.45) is 0 Å². The van der Waals surface area contributed by atoms with E-state index in [2.05, 4.69) is 4.74 Å². The molecule has 92 valence electrons. The molecule has 0 radical (unpaired) electrons. The number of methoxy groups -OCH3 is 1. The van der Waals surface area contributed by atoms with E-state index in [4.69, 9.17) is 14.2 Å². The normalized spacial score (nSPS) is 27.5. The van der Waals surface area contributed by atoms with Crippen molar-refractivity contribution in [1.29, 1.82) is 0 Å². The van der Waals surface area contributed by atoms with E-state index in [1.54, 1.807) is 20.8 Å². The Morgan fingerprint density at radius 1 is 1.19 bits per heavy atom. The summed E-state index contributed by atoms with van der Waals surface area (Å²) in [6.07, 6.45) is -2.14. The standard InChI is InChI=1S/C10H16O6/c1-5-14-9(12)7-6(8(11)13-4)15-10(2,3)16-7/h6-7H,5H2,1-4H3. The molecule has 1 fully saturated rings. The Bertz CT molecular complexity index is 285. The molecule has 0 aromatic carbocycles. The highest BCUT2D eigenvalue weighted by atomic mass is 16.8. The Morgan fingerprint density at radius 3 is 2.12 bits per heavy atom. The molecule has 2 atom stereocenters.